The topological polar surface area (TPSA) is 99.8 Å². The van der Waals surface area contributed by atoms with E-state index < -0.39 is 5.41 Å². The van der Waals surface area contributed by atoms with Crippen LogP contribution in [0.4, 0.5) is 11.4 Å². The summed E-state index contributed by atoms with van der Waals surface area (Å²) in [6, 6.07) is 14.1. The third-order valence-corrected chi connectivity index (χ3v) is 6.06. The summed E-state index contributed by atoms with van der Waals surface area (Å²) < 4.78 is 0. The van der Waals surface area contributed by atoms with E-state index in [9.17, 15) is 9.59 Å². The van der Waals surface area contributed by atoms with E-state index in [-0.39, 0.29) is 11.8 Å². The van der Waals surface area contributed by atoms with Crippen LogP contribution in [0.1, 0.15) is 34.5 Å². The average molecular weight is 446 g/mol. The second-order valence-electron chi connectivity index (χ2n) is 7.99. The number of benzene rings is 2. The van der Waals surface area contributed by atoms with Crippen molar-refractivity contribution < 1.29 is 9.59 Å². The van der Waals surface area contributed by atoms with Crippen LogP contribution < -0.4 is 10.6 Å². The number of amides is 2. The first-order valence-corrected chi connectivity index (χ1v) is 10.6. The molecule has 2 aromatic heterocycles. The molecule has 5 rings (SSSR count). The molecule has 3 N–H and O–H groups in total. The predicted molar refractivity (Wildman–Crippen MR) is 124 cm³/mol. The Kier molecular flexibility index (Phi) is 4.90. The Morgan fingerprint density at radius 1 is 1.06 bits per heavy atom. The van der Waals surface area contributed by atoms with Crippen molar-refractivity contribution in [2.75, 3.05) is 10.6 Å². The van der Waals surface area contributed by atoms with Crippen molar-refractivity contribution in [2.45, 2.75) is 25.2 Å². The number of aromatic amines is 1. The first-order valence-electron chi connectivity index (χ1n) is 10.2. The molecular weight excluding hydrogens is 426 g/mol. The Labute approximate surface area is 189 Å². The Morgan fingerprint density at radius 3 is 2.69 bits per heavy atom. The summed E-state index contributed by atoms with van der Waals surface area (Å²) in [5, 5.41) is 7.24. The van der Waals surface area contributed by atoms with E-state index in [1.165, 1.54) is 6.33 Å². The van der Waals surface area contributed by atoms with Gasteiger partial charge in [-0.3, -0.25) is 9.59 Å². The van der Waals surface area contributed by atoms with Crippen LogP contribution in [0.3, 0.4) is 0 Å². The number of carbonyl (C=O) groups excluding carboxylic acids is 2. The standard InChI is InChI=1S/C24H20ClN5O2/c1-14-5-6-15(22(31)29-17-4-2-3-16(25)12-17)11-19(14)30-23(32)24(8-9-24)20-18-7-10-26-21(18)28-13-27-20/h2-7,10-13H,8-9H2,1H3,(H,29,31)(H,30,32)(H,26,27,28). The van der Waals surface area contributed by atoms with Crippen molar-refractivity contribution >= 4 is 45.8 Å². The van der Waals surface area contributed by atoms with E-state index >= 15 is 0 Å². The molecule has 4 aromatic rings. The van der Waals surface area contributed by atoms with Crippen LogP contribution in [-0.4, -0.2) is 26.8 Å². The summed E-state index contributed by atoms with van der Waals surface area (Å²) in [6.45, 7) is 1.89. The lowest BCUT2D eigenvalue weighted by Crippen LogP contribution is -2.29. The highest BCUT2D eigenvalue weighted by atomic mass is 35.5. The van der Waals surface area contributed by atoms with Gasteiger partial charge in [0.2, 0.25) is 5.91 Å². The quantitative estimate of drug-likeness (QED) is 0.409. The zero-order valence-corrected chi connectivity index (χ0v) is 18.0. The number of nitrogens with zero attached hydrogens (tertiary/aromatic N) is 2. The van der Waals surface area contributed by atoms with Crippen molar-refractivity contribution in [1.82, 2.24) is 15.0 Å². The van der Waals surface area contributed by atoms with Gasteiger partial charge in [-0.2, -0.15) is 0 Å². The summed E-state index contributed by atoms with van der Waals surface area (Å²) >= 11 is 6.00. The molecule has 0 radical (unpaired) electrons. The van der Waals surface area contributed by atoms with E-state index in [2.05, 4.69) is 25.6 Å². The number of fused-ring (bicyclic) bond motifs is 1. The molecule has 160 valence electrons. The molecule has 1 aliphatic carbocycles. The van der Waals surface area contributed by atoms with Crippen LogP contribution in [0.2, 0.25) is 5.02 Å². The van der Waals surface area contributed by atoms with Crippen LogP contribution in [0.5, 0.6) is 0 Å². The summed E-state index contributed by atoms with van der Waals surface area (Å²) in [6.07, 6.45) is 4.70. The molecule has 2 heterocycles. The number of rotatable bonds is 5. The average Bonchev–Trinajstić information content (AvgIpc) is 3.44. The zero-order chi connectivity index (χ0) is 22.3. The maximum atomic E-state index is 13.3. The maximum absolute atomic E-state index is 13.3. The minimum Gasteiger partial charge on any atom is -0.346 e. The molecule has 0 spiro atoms. The van der Waals surface area contributed by atoms with E-state index in [0.717, 1.165) is 16.6 Å². The summed E-state index contributed by atoms with van der Waals surface area (Å²) in [5.41, 5.74) is 3.26. The molecular formula is C24H20ClN5O2. The molecule has 1 fully saturated rings. The number of hydrogen-bond donors (Lipinski definition) is 3. The van der Waals surface area contributed by atoms with Gasteiger partial charge in [0.05, 0.1) is 11.1 Å². The molecule has 7 nitrogen and oxygen atoms in total. The van der Waals surface area contributed by atoms with Crippen molar-refractivity contribution in [2.24, 2.45) is 0 Å². The van der Waals surface area contributed by atoms with Gasteiger partial charge in [-0.15, -0.1) is 0 Å². The third kappa shape index (κ3) is 3.61. The Bertz CT molecular complexity index is 1360. The van der Waals surface area contributed by atoms with Crippen LogP contribution in [-0.2, 0) is 10.2 Å². The summed E-state index contributed by atoms with van der Waals surface area (Å²) in [7, 11) is 0. The largest absolute Gasteiger partial charge is 0.346 e. The molecule has 2 amide bonds. The SMILES string of the molecule is Cc1ccc(C(=O)Nc2cccc(Cl)c2)cc1NC(=O)C1(c2ncnc3[nH]ccc23)CC1. The fourth-order valence-electron chi connectivity index (χ4n) is 3.86. The normalized spacial score (nSPS) is 14.2. The highest BCUT2D eigenvalue weighted by Crippen LogP contribution is 2.50. The van der Waals surface area contributed by atoms with E-state index in [1.54, 1.807) is 42.6 Å². The van der Waals surface area contributed by atoms with Gasteiger partial charge in [0.15, 0.2) is 0 Å². The van der Waals surface area contributed by atoms with Crippen LogP contribution in [0.25, 0.3) is 11.0 Å². The number of carbonyl (C=O) groups is 2. The maximum Gasteiger partial charge on any atom is 0.255 e. The molecule has 1 aliphatic rings. The lowest BCUT2D eigenvalue weighted by atomic mass is 9.98. The highest BCUT2D eigenvalue weighted by Gasteiger charge is 2.53. The second kappa shape index (κ2) is 7.76. The number of halogens is 1. The number of anilines is 2. The molecule has 0 bridgehead atoms. The molecule has 8 heteroatoms. The summed E-state index contributed by atoms with van der Waals surface area (Å²) in [5.74, 6) is -0.414. The predicted octanol–water partition coefficient (Wildman–Crippen LogP) is 4.84. The number of H-pyrrole nitrogens is 1. The zero-order valence-electron chi connectivity index (χ0n) is 17.3. The van der Waals surface area contributed by atoms with E-state index in [4.69, 9.17) is 11.6 Å². The Morgan fingerprint density at radius 2 is 1.91 bits per heavy atom. The Balaban J connectivity index is 1.39. The molecule has 0 aliphatic heterocycles. The van der Waals surface area contributed by atoms with Gasteiger partial charge in [-0.05, 0) is 61.7 Å². The molecule has 0 unspecified atom stereocenters. The molecule has 2 aromatic carbocycles. The minimum atomic E-state index is -0.686. The first kappa shape index (κ1) is 20.2. The van der Waals surface area contributed by atoms with Gasteiger partial charge in [0, 0.05) is 33.5 Å². The second-order valence-corrected chi connectivity index (χ2v) is 8.43. The smallest absolute Gasteiger partial charge is 0.255 e. The van der Waals surface area contributed by atoms with Gasteiger partial charge < -0.3 is 15.6 Å². The number of aromatic nitrogens is 3. The van der Waals surface area contributed by atoms with Crippen LogP contribution >= 0.6 is 11.6 Å². The van der Waals surface area contributed by atoms with Gasteiger partial charge in [-0.1, -0.05) is 23.7 Å². The van der Waals surface area contributed by atoms with Gasteiger partial charge in [0.25, 0.3) is 5.91 Å². The monoisotopic (exact) mass is 445 g/mol. The first-order chi connectivity index (χ1) is 15.5. The fraction of sp³-hybridized carbons (Fsp3) is 0.167. The van der Waals surface area contributed by atoms with Gasteiger partial charge in [-0.25, -0.2) is 9.97 Å². The van der Waals surface area contributed by atoms with Crippen molar-refractivity contribution in [3.8, 4) is 0 Å². The van der Waals surface area contributed by atoms with Crippen molar-refractivity contribution in [1.29, 1.82) is 0 Å². The molecule has 0 atom stereocenters. The number of aryl methyl sites for hydroxylation is 1. The van der Waals surface area contributed by atoms with Crippen molar-refractivity contribution in [3.05, 3.63) is 82.9 Å². The lowest BCUT2D eigenvalue weighted by Gasteiger charge is -2.17. The Hall–Kier alpha value is -3.71. The van der Waals surface area contributed by atoms with Crippen LogP contribution in [0.15, 0.2) is 61.1 Å². The van der Waals surface area contributed by atoms with Crippen LogP contribution in [0, 0.1) is 6.92 Å². The molecule has 1 saturated carbocycles. The van der Waals surface area contributed by atoms with Gasteiger partial charge in [0.1, 0.15) is 12.0 Å². The molecule has 32 heavy (non-hydrogen) atoms. The number of nitrogens with one attached hydrogen (secondary N) is 3. The molecule has 0 saturated heterocycles. The fourth-order valence-corrected chi connectivity index (χ4v) is 4.05. The lowest BCUT2D eigenvalue weighted by molar-refractivity contribution is -0.118. The number of hydrogen-bond acceptors (Lipinski definition) is 4. The van der Waals surface area contributed by atoms with Gasteiger partial charge >= 0.3 is 0 Å². The highest BCUT2D eigenvalue weighted by molar-refractivity contribution is 6.31. The third-order valence-electron chi connectivity index (χ3n) is 5.82. The summed E-state index contributed by atoms with van der Waals surface area (Å²) in [4.78, 5) is 37.8. The van der Waals surface area contributed by atoms with E-state index in [1.807, 2.05) is 19.1 Å². The van der Waals surface area contributed by atoms with E-state index in [0.29, 0.717) is 40.4 Å². The minimum absolute atomic E-state index is 0.130. The van der Waals surface area contributed by atoms with Crippen molar-refractivity contribution in [3.63, 3.8) is 0 Å².